The third-order valence-corrected chi connectivity index (χ3v) is 3.37. The Balaban J connectivity index is 2.22. The Morgan fingerprint density at radius 3 is 2.22 bits per heavy atom. The molecule has 0 amide bonds. The number of aliphatic hydroxyl groups is 1. The lowest BCUT2D eigenvalue weighted by Crippen LogP contribution is -2.45. The second kappa shape index (κ2) is 4.94. The number of hydrogen-bond donors (Lipinski definition) is 1. The Morgan fingerprint density at radius 2 is 1.72 bits per heavy atom. The minimum atomic E-state index is -1.10. The molecule has 2 rings (SSSR count). The van der Waals surface area contributed by atoms with Crippen molar-refractivity contribution in [3.63, 3.8) is 0 Å². The van der Waals surface area contributed by atoms with Crippen LogP contribution in [-0.4, -0.2) is 22.9 Å². The highest BCUT2D eigenvalue weighted by Gasteiger charge is 2.38. The van der Waals surface area contributed by atoms with Crippen LogP contribution in [0.3, 0.4) is 0 Å². The van der Waals surface area contributed by atoms with E-state index in [9.17, 15) is 13.9 Å². The van der Waals surface area contributed by atoms with Gasteiger partial charge in [0, 0.05) is 24.8 Å². The van der Waals surface area contributed by atoms with Crippen molar-refractivity contribution in [2.24, 2.45) is 0 Å². The highest BCUT2D eigenvalue weighted by molar-refractivity contribution is 5.22. The molecule has 0 saturated carbocycles. The summed E-state index contributed by atoms with van der Waals surface area (Å²) in [4.78, 5) is 0. The summed E-state index contributed by atoms with van der Waals surface area (Å²) >= 11 is 0. The third-order valence-electron chi connectivity index (χ3n) is 3.37. The lowest BCUT2D eigenvalue weighted by atomic mass is 9.82. The number of halogens is 2. The molecule has 1 fully saturated rings. The summed E-state index contributed by atoms with van der Waals surface area (Å²) < 4.78 is 32.7. The Hall–Kier alpha value is -1.00. The van der Waals surface area contributed by atoms with E-state index >= 15 is 0 Å². The first kappa shape index (κ1) is 13.4. The topological polar surface area (TPSA) is 29.5 Å². The molecule has 100 valence electrons. The second-order valence-corrected chi connectivity index (χ2v) is 5.27. The van der Waals surface area contributed by atoms with E-state index in [1.165, 1.54) is 18.2 Å². The van der Waals surface area contributed by atoms with Gasteiger partial charge in [-0.15, -0.1) is 0 Å². The van der Waals surface area contributed by atoms with Crippen LogP contribution in [0.1, 0.15) is 32.3 Å². The van der Waals surface area contributed by atoms with Crippen molar-refractivity contribution in [2.75, 3.05) is 0 Å². The van der Waals surface area contributed by atoms with E-state index in [0.29, 0.717) is 12.8 Å². The highest BCUT2D eigenvalue weighted by atomic mass is 19.1. The van der Waals surface area contributed by atoms with Gasteiger partial charge in [0.25, 0.3) is 0 Å². The number of ether oxygens (including phenoxy) is 1. The van der Waals surface area contributed by atoms with Crippen molar-refractivity contribution < 1.29 is 18.6 Å². The van der Waals surface area contributed by atoms with Gasteiger partial charge in [-0.3, -0.25) is 0 Å². The Labute approximate surface area is 106 Å². The number of rotatable bonds is 2. The molecule has 1 aliphatic rings. The van der Waals surface area contributed by atoms with Crippen LogP contribution in [0.15, 0.2) is 18.2 Å². The molecule has 1 heterocycles. The van der Waals surface area contributed by atoms with Gasteiger partial charge in [-0.1, -0.05) is 6.07 Å². The van der Waals surface area contributed by atoms with Gasteiger partial charge in [-0.25, -0.2) is 8.78 Å². The summed E-state index contributed by atoms with van der Waals surface area (Å²) in [6, 6.07) is 3.76. The molecule has 1 aliphatic heterocycles. The molecule has 1 aromatic carbocycles. The second-order valence-electron chi connectivity index (χ2n) is 5.27. The van der Waals surface area contributed by atoms with Crippen molar-refractivity contribution in [3.8, 4) is 0 Å². The third kappa shape index (κ3) is 2.87. The van der Waals surface area contributed by atoms with Crippen molar-refractivity contribution in [2.45, 2.75) is 50.9 Å². The highest BCUT2D eigenvalue weighted by Crippen LogP contribution is 2.32. The Bertz CT molecular complexity index is 404. The quantitative estimate of drug-likeness (QED) is 0.881. The molecular formula is C14H18F2O2. The zero-order valence-electron chi connectivity index (χ0n) is 10.6. The predicted molar refractivity (Wildman–Crippen MR) is 64.3 cm³/mol. The molecule has 0 bridgehead atoms. The molecule has 2 unspecified atom stereocenters. The first-order valence-corrected chi connectivity index (χ1v) is 6.20. The molecule has 0 spiro atoms. The predicted octanol–water partition coefficient (Wildman–Crippen LogP) is 2.83. The molecule has 1 aromatic rings. The molecule has 1 N–H and O–H groups in total. The summed E-state index contributed by atoms with van der Waals surface area (Å²) in [6.07, 6.45) is 0.571. The van der Waals surface area contributed by atoms with Gasteiger partial charge in [0.15, 0.2) is 0 Å². The van der Waals surface area contributed by atoms with Crippen LogP contribution < -0.4 is 0 Å². The average Bonchev–Trinajstić information content (AvgIpc) is 2.21. The lowest BCUT2D eigenvalue weighted by Gasteiger charge is -2.39. The summed E-state index contributed by atoms with van der Waals surface area (Å²) in [6.45, 7) is 3.72. The van der Waals surface area contributed by atoms with Gasteiger partial charge >= 0.3 is 0 Å². The van der Waals surface area contributed by atoms with Gasteiger partial charge in [0.2, 0.25) is 0 Å². The van der Waals surface area contributed by atoms with Gasteiger partial charge in [-0.05, 0) is 26.0 Å². The van der Waals surface area contributed by atoms with Crippen LogP contribution >= 0.6 is 0 Å². The Morgan fingerprint density at radius 1 is 1.22 bits per heavy atom. The minimum absolute atomic E-state index is 0.0104. The van der Waals surface area contributed by atoms with E-state index in [0.717, 1.165) is 0 Å². The van der Waals surface area contributed by atoms with Crippen molar-refractivity contribution in [3.05, 3.63) is 35.4 Å². The van der Waals surface area contributed by atoms with Gasteiger partial charge in [0.05, 0.1) is 17.8 Å². The maximum Gasteiger partial charge on any atom is 0.129 e. The van der Waals surface area contributed by atoms with E-state index in [1.807, 2.05) is 13.8 Å². The Kier molecular flexibility index (Phi) is 3.69. The normalized spacial score (nSPS) is 32.5. The van der Waals surface area contributed by atoms with Crippen molar-refractivity contribution >= 4 is 0 Å². The zero-order chi connectivity index (χ0) is 13.3. The monoisotopic (exact) mass is 256 g/mol. The number of hydrogen-bond acceptors (Lipinski definition) is 2. The fraction of sp³-hybridized carbons (Fsp3) is 0.571. The van der Waals surface area contributed by atoms with Crippen molar-refractivity contribution in [1.82, 2.24) is 0 Å². The standard InChI is InChI=1S/C14H18F2O2/c1-9-6-14(17,7-10(2)18-9)8-11-12(15)4-3-5-13(11)16/h3-5,9-10,17H,6-8H2,1-2H3. The van der Waals surface area contributed by atoms with Crippen LogP contribution in [0.4, 0.5) is 8.78 Å². The first-order valence-electron chi connectivity index (χ1n) is 6.20. The maximum absolute atomic E-state index is 13.6. The van der Waals surface area contributed by atoms with Gasteiger partial charge < -0.3 is 9.84 Å². The fourth-order valence-electron chi connectivity index (χ4n) is 2.82. The van der Waals surface area contributed by atoms with Crippen LogP contribution in [0.2, 0.25) is 0 Å². The fourth-order valence-corrected chi connectivity index (χ4v) is 2.82. The SMILES string of the molecule is CC1CC(O)(Cc2c(F)cccc2F)CC(C)O1. The maximum atomic E-state index is 13.6. The molecular weight excluding hydrogens is 238 g/mol. The molecule has 18 heavy (non-hydrogen) atoms. The molecule has 0 aliphatic carbocycles. The smallest absolute Gasteiger partial charge is 0.129 e. The summed E-state index contributed by atoms with van der Waals surface area (Å²) in [5.74, 6) is -1.20. The van der Waals surface area contributed by atoms with Crippen LogP contribution in [0.5, 0.6) is 0 Å². The van der Waals surface area contributed by atoms with Crippen LogP contribution in [0.25, 0.3) is 0 Å². The summed E-state index contributed by atoms with van der Waals surface area (Å²) in [7, 11) is 0. The van der Waals surface area contributed by atoms with E-state index in [1.54, 1.807) is 0 Å². The minimum Gasteiger partial charge on any atom is -0.389 e. The summed E-state index contributed by atoms with van der Waals surface area (Å²) in [5, 5.41) is 10.5. The van der Waals surface area contributed by atoms with Crippen LogP contribution in [0, 0.1) is 11.6 Å². The van der Waals surface area contributed by atoms with E-state index in [4.69, 9.17) is 4.74 Å². The molecule has 2 atom stereocenters. The van der Waals surface area contributed by atoms with Crippen molar-refractivity contribution in [1.29, 1.82) is 0 Å². The van der Waals surface area contributed by atoms with Gasteiger partial charge in [-0.2, -0.15) is 0 Å². The molecule has 0 aromatic heterocycles. The molecule has 2 nitrogen and oxygen atoms in total. The van der Waals surface area contributed by atoms with Gasteiger partial charge in [0.1, 0.15) is 11.6 Å². The largest absolute Gasteiger partial charge is 0.389 e. The summed E-state index contributed by atoms with van der Waals surface area (Å²) in [5.41, 5.74) is -1.14. The van der Waals surface area contributed by atoms with E-state index in [2.05, 4.69) is 0 Å². The lowest BCUT2D eigenvalue weighted by molar-refractivity contribution is -0.131. The zero-order valence-corrected chi connectivity index (χ0v) is 10.6. The van der Waals surface area contributed by atoms with E-state index < -0.39 is 17.2 Å². The molecule has 0 radical (unpaired) electrons. The number of benzene rings is 1. The average molecular weight is 256 g/mol. The molecule has 1 saturated heterocycles. The first-order chi connectivity index (χ1) is 8.39. The molecule has 4 heteroatoms. The van der Waals surface area contributed by atoms with E-state index in [-0.39, 0.29) is 24.2 Å². The van der Waals surface area contributed by atoms with Crippen LogP contribution in [-0.2, 0) is 11.2 Å².